The normalized spacial score (nSPS) is 26.4. The Labute approximate surface area is 192 Å². The van der Waals surface area contributed by atoms with Crippen molar-refractivity contribution in [2.24, 2.45) is 29.6 Å². The highest BCUT2D eigenvalue weighted by Crippen LogP contribution is 2.56. The zero-order chi connectivity index (χ0) is 23.9. The van der Waals surface area contributed by atoms with E-state index in [-0.39, 0.29) is 41.4 Å². The fourth-order valence-corrected chi connectivity index (χ4v) is 5.69. The minimum absolute atomic E-state index is 0.232. The van der Waals surface area contributed by atoms with Crippen LogP contribution in [0.3, 0.4) is 0 Å². The van der Waals surface area contributed by atoms with Gasteiger partial charge in [-0.1, -0.05) is 13.8 Å². The Morgan fingerprint density at radius 3 is 2.24 bits per heavy atom. The summed E-state index contributed by atoms with van der Waals surface area (Å²) >= 11 is 0. The molecule has 1 heterocycles. The molecule has 0 unspecified atom stereocenters. The highest BCUT2D eigenvalue weighted by Gasteiger charge is 2.62. The third-order valence-corrected chi connectivity index (χ3v) is 7.14. The molecule has 0 aromatic heterocycles. The Hall–Kier alpha value is -3.10. The molecule has 1 aliphatic heterocycles. The largest absolute Gasteiger partial charge is 0.497 e. The number of imide groups is 1. The molecule has 1 aromatic carbocycles. The van der Waals surface area contributed by atoms with Gasteiger partial charge in [-0.25, -0.2) is 4.79 Å². The SMILES string of the molecule is COc1ccc(NC(=O)COC(=O)[C@H](C(C)C)N2C(=O)[C@@H]3[C@H]4CC[C@@H](C4)[C@@H]3C2=O)c(OC)c1. The van der Waals surface area contributed by atoms with E-state index in [1.165, 1.54) is 14.2 Å². The van der Waals surface area contributed by atoms with Crippen LogP contribution in [0.15, 0.2) is 18.2 Å². The van der Waals surface area contributed by atoms with Gasteiger partial charge in [-0.2, -0.15) is 0 Å². The minimum Gasteiger partial charge on any atom is -0.497 e. The lowest BCUT2D eigenvalue weighted by Crippen LogP contribution is -2.50. The van der Waals surface area contributed by atoms with E-state index in [0.29, 0.717) is 17.2 Å². The van der Waals surface area contributed by atoms with Gasteiger partial charge in [0, 0.05) is 6.07 Å². The van der Waals surface area contributed by atoms with Gasteiger partial charge in [0.25, 0.3) is 5.91 Å². The fourth-order valence-electron chi connectivity index (χ4n) is 5.69. The number of ether oxygens (including phenoxy) is 3. The van der Waals surface area contributed by atoms with Crippen LogP contribution < -0.4 is 14.8 Å². The molecular weight excluding hydrogens is 428 g/mol. The third-order valence-electron chi connectivity index (χ3n) is 7.14. The molecule has 2 aliphatic carbocycles. The summed E-state index contributed by atoms with van der Waals surface area (Å²) in [5.41, 5.74) is 0.396. The van der Waals surface area contributed by atoms with E-state index < -0.39 is 24.5 Å². The van der Waals surface area contributed by atoms with E-state index in [9.17, 15) is 19.2 Å². The summed E-state index contributed by atoms with van der Waals surface area (Å²) in [5, 5.41) is 2.63. The van der Waals surface area contributed by atoms with E-state index in [0.717, 1.165) is 24.2 Å². The summed E-state index contributed by atoms with van der Waals surface area (Å²) in [6, 6.07) is 3.85. The topological polar surface area (TPSA) is 111 Å². The molecule has 1 N–H and O–H groups in total. The van der Waals surface area contributed by atoms with Crippen LogP contribution in [-0.2, 0) is 23.9 Å². The number of esters is 1. The molecule has 2 saturated carbocycles. The molecule has 3 amide bonds. The maximum Gasteiger partial charge on any atom is 0.330 e. The van der Waals surface area contributed by atoms with Crippen LogP contribution in [0.4, 0.5) is 5.69 Å². The van der Waals surface area contributed by atoms with Crippen molar-refractivity contribution in [1.29, 1.82) is 0 Å². The van der Waals surface area contributed by atoms with Gasteiger partial charge >= 0.3 is 5.97 Å². The van der Waals surface area contributed by atoms with Crippen molar-refractivity contribution in [1.82, 2.24) is 4.90 Å². The predicted octanol–water partition coefficient (Wildman–Crippen LogP) is 2.24. The molecule has 0 radical (unpaired) electrons. The maximum absolute atomic E-state index is 13.1. The number of hydrogen-bond acceptors (Lipinski definition) is 7. The molecule has 9 nitrogen and oxygen atoms in total. The fraction of sp³-hybridized carbons (Fsp3) is 0.583. The van der Waals surface area contributed by atoms with E-state index in [1.54, 1.807) is 32.0 Å². The molecule has 178 valence electrons. The summed E-state index contributed by atoms with van der Waals surface area (Å²) < 4.78 is 15.6. The Bertz CT molecular complexity index is 948. The second-order valence-electron chi connectivity index (χ2n) is 9.34. The zero-order valence-corrected chi connectivity index (χ0v) is 19.3. The number of fused-ring (bicyclic) bond motifs is 5. The number of carbonyl (C=O) groups is 4. The van der Waals surface area contributed by atoms with Gasteiger partial charge in [-0.3, -0.25) is 19.3 Å². The highest BCUT2D eigenvalue weighted by atomic mass is 16.5. The van der Waals surface area contributed by atoms with Gasteiger partial charge in [-0.15, -0.1) is 0 Å². The lowest BCUT2D eigenvalue weighted by Gasteiger charge is -2.28. The molecule has 1 saturated heterocycles. The molecular formula is C24H30N2O7. The lowest BCUT2D eigenvalue weighted by atomic mass is 9.81. The van der Waals surface area contributed by atoms with Crippen LogP contribution >= 0.6 is 0 Å². The summed E-state index contributed by atoms with van der Waals surface area (Å²) in [4.78, 5) is 52.7. The Kier molecular flexibility index (Phi) is 6.32. The van der Waals surface area contributed by atoms with Crippen molar-refractivity contribution in [2.75, 3.05) is 26.1 Å². The number of amides is 3. The van der Waals surface area contributed by atoms with E-state index in [2.05, 4.69) is 5.32 Å². The van der Waals surface area contributed by atoms with Gasteiger partial charge in [-0.05, 0) is 49.1 Å². The highest BCUT2D eigenvalue weighted by molar-refractivity contribution is 6.08. The molecule has 3 aliphatic rings. The third kappa shape index (κ3) is 4.05. The molecule has 2 bridgehead atoms. The first-order valence-corrected chi connectivity index (χ1v) is 11.3. The first kappa shape index (κ1) is 23.1. The summed E-state index contributed by atoms with van der Waals surface area (Å²) in [6.07, 6.45) is 2.85. The van der Waals surface area contributed by atoms with Crippen molar-refractivity contribution in [2.45, 2.75) is 39.2 Å². The number of carbonyl (C=O) groups excluding carboxylic acids is 4. The Balaban J connectivity index is 1.41. The number of nitrogens with zero attached hydrogens (tertiary/aromatic N) is 1. The maximum atomic E-state index is 13.1. The van der Waals surface area contributed by atoms with Crippen molar-refractivity contribution in [3.05, 3.63) is 18.2 Å². The van der Waals surface area contributed by atoms with Crippen LogP contribution in [0.5, 0.6) is 11.5 Å². The van der Waals surface area contributed by atoms with E-state index in [1.807, 2.05) is 0 Å². The molecule has 4 rings (SSSR count). The molecule has 5 atom stereocenters. The number of anilines is 1. The van der Waals surface area contributed by atoms with Gasteiger partial charge in [0.1, 0.15) is 17.5 Å². The minimum atomic E-state index is -1.04. The monoisotopic (exact) mass is 458 g/mol. The summed E-state index contributed by atoms with van der Waals surface area (Å²) in [6.45, 7) is 2.97. The summed E-state index contributed by atoms with van der Waals surface area (Å²) in [7, 11) is 2.98. The summed E-state index contributed by atoms with van der Waals surface area (Å²) in [5.74, 6) is -1.39. The van der Waals surface area contributed by atoms with Crippen LogP contribution in [0, 0.1) is 29.6 Å². The predicted molar refractivity (Wildman–Crippen MR) is 117 cm³/mol. The number of methoxy groups -OCH3 is 2. The Morgan fingerprint density at radius 2 is 1.70 bits per heavy atom. The zero-order valence-electron chi connectivity index (χ0n) is 19.3. The average molecular weight is 459 g/mol. The second-order valence-corrected chi connectivity index (χ2v) is 9.34. The molecule has 33 heavy (non-hydrogen) atoms. The van der Waals surface area contributed by atoms with Crippen LogP contribution in [0.1, 0.15) is 33.1 Å². The van der Waals surface area contributed by atoms with Crippen molar-refractivity contribution in [3.63, 3.8) is 0 Å². The van der Waals surface area contributed by atoms with Gasteiger partial charge < -0.3 is 19.5 Å². The van der Waals surface area contributed by atoms with Gasteiger partial charge in [0.05, 0.1) is 31.7 Å². The second kappa shape index (κ2) is 9.03. The van der Waals surface area contributed by atoms with Crippen molar-refractivity contribution < 1.29 is 33.4 Å². The number of likely N-dealkylation sites (tertiary alicyclic amines) is 1. The van der Waals surface area contributed by atoms with Crippen LogP contribution in [0.2, 0.25) is 0 Å². The van der Waals surface area contributed by atoms with E-state index in [4.69, 9.17) is 14.2 Å². The van der Waals surface area contributed by atoms with E-state index >= 15 is 0 Å². The average Bonchev–Trinajstić information content (AvgIpc) is 3.48. The van der Waals surface area contributed by atoms with Crippen molar-refractivity contribution in [3.8, 4) is 11.5 Å². The van der Waals surface area contributed by atoms with Crippen molar-refractivity contribution >= 4 is 29.4 Å². The lowest BCUT2D eigenvalue weighted by molar-refractivity contribution is -0.162. The number of benzene rings is 1. The number of hydrogen-bond donors (Lipinski definition) is 1. The molecule has 1 aromatic rings. The molecule has 9 heteroatoms. The first-order valence-electron chi connectivity index (χ1n) is 11.3. The van der Waals surface area contributed by atoms with Crippen LogP contribution in [-0.4, -0.2) is 55.5 Å². The smallest absolute Gasteiger partial charge is 0.330 e. The number of rotatable bonds is 8. The number of nitrogens with one attached hydrogen (secondary N) is 1. The standard InChI is InChI=1S/C24H30N2O7/c1-12(2)21(26-22(28)19-13-5-6-14(9-13)20(19)23(26)29)24(30)33-11-18(27)25-16-8-7-15(31-3)10-17(16)32-4/h7-8,10,12-14,19-21H,5-6,9,11H2,1-4H3,(H,25,27)/t13-,14-,19-,20+,21-/m0/s1. The van der Waals surface area contributed by atoms with Crippen LogP contribution in [0.25, 0.3) is 0 Å². The quantitative estimate of drug-likeness (QED) is 0.470. The van der Waals surface area contributed by atoms with Gasteiger partial charge in [0.2, 0.25) is 11.8 Å². The molecule has 0 spiro atoms. The molecule has 3 fully saturated rings. The van der Waals surface area contributed by atoms with Gasteiger partial charge in [0.15, 0.2) is 6.61 Å². The Morgan fingerprint density at radius 1 is 1.06 bits per heavy atom. The first-order chi connectivity index (χ1) is 15.8.